The van der Waals surface area contributed by atoms with E-state index in [1.54, 1.807) is 31.2 Å². The Balaban J connectivity index is 2.37. The number of aryl methyl sites for hydroxylation is 2. The fourth-order valence-electron chi connectivity index (χ4n) is 1.97. The van der Waals surface area contributed by atoms with Crippen LogP contribution in [-0.4, -0.2) is 29.5 Å². The summed E-state index contributed by atoms with van der Waals surface area (Å²) in [6.07, 6.45) is 0. The molecule has 0 aliphatic rings. The fraction of sp³-hybridized carbons (Fsp3) is 0.235. The van der Waals surface area contributed by atoms with E-state index in [0.717, 1.165) is 11.1 Å². The molecule has 0 spiro atoms. The van der Waals surface area contributed by atoms with Gasteiger partial charge in [-0.25, -0.2) is 13.1 Å². The van der Waals surface area contributed by atoms with E-state index in [2.05, 4.69) is 9.12 Å². The van der Waals surface area contributed by atoms with Crippen molar-refractivity contribution in [2.45, 2.75) is 30.6 Å². The third-order valence-electron chi connectivity index (χ3n) is 3.36. The number of amidine groups is 1. The molecule has 0 unspecified atom stereocenters. The largest absolute Gasteiger partial charge is 0.464 e. The van der Waals surface area contributed by atoms with Crippen molar-refractivity contribution in [2.75, 3.05) is 6.61 Å². The summed E-state index contributed by atoms with van der Waals surface area (Å²) in [7, 11) is -8.15. The molecule has 0 amide bonds. The highest BCUT2D eigenvalue weighted by Crippen LogP contribution is 2.14. The van der Waals surface area contributed by atoms with E-state index in [-0.39, 0.29) is 16.4 Å². The van der Waals surface area contributed by atoms with E-state index >= 15 is 0 Å². The van der Waals surface area contributed by atoms with E-state index in [1.807, 2.05) is 13.8 Å². The number of rotatable bonds is 5. The summed E-state index contributed by atoms with van der Waals surface area (Å²) in [5.41, 5.74) is 1.78. The first kappa shape index (κ1) is 19.9. The zero-order chi connectivity index (χ0) is 19.4. The van der Waals surface area contributed by atoms with E-state index in [9.17, 15) is 16.8 Å². The van der Waals surface area contributed by atoms with E-state index in [1.165, 1.54) is 24.3 Å². The third-order valence-corrected chi connectivity index (χ3v) is 5.97. The number of hydrogen-bond acceptors (Lipinski definition) is 5. The van der Waals surface area contributed by atoms with Gasteiger partial charge in [-0.1, -0.05) is 35.4 Å². The van der Waals surface area contributed by atoms with Gasteiger partial charge in [-0.3, -0.25) is 0 Å². The van der Waals surface area contributed by atoms with Crippen LogP contribution in [0.2, 0.25) is 0 Å². The summed E-state index contributed by atoms with van der Waals surface area (Å²) >= 11 is 0. The molecule has 2 aromatic rings. The zero-order valence-electron chi connectivity index (χ0n) is 14.6. The molecule has 0 bridgehead atoms. The van der Waals surface area contributed by atoms with Crippen LogP contribution in [0.1, 0.15) is 18.1 Å². The van der Waals surface area contributed by atoms with Gasteiger partial charge in [0.1, 0.15) is 0 Å². The summed E-state index contributed by atoms with van der Waals surface area (Å²) in [4.78, 5) is -0.0851. The Morgan fingerprint density at radius 3 is 1.81 bits per heavy atom. The smallest absolute Gasteiger partial charge is 0.315 e. The first-order chi connectivity index (χ1) is 12.1. The van der Waals surface area contributed by atoms with Gasteiger partial charge in [0, 0.05) is 0 Å². The number of hydrogen-bond donors (Lipinski definition) is 1. The number of nitrogens with zero attached hydrogens (tertiary/aromatic N) is 1. The number of ether oxygens (including phenoxy) is 1. The van der Waals surface area contributed by atoms with E-state index in [4.69, 9.17) is 4.74 Å². The van der Waals surface area contributed by atoms with Crippen LogP contribution in [0, 0.1) is 13.8 Å². The molecule has 2 rings (SSSR count). The van der Waals surface area contributed by atoms with Crippen molar-refractivity contribution in [1.82, 2.24) is 4.72 Å². The fourth-order valence-corrected chi connectivity index (χ4v) is 3.88. The third kappa shape index (κ3) is 5.06. The monoisotopic (exact) mass is 396 g/mol. The maximum atomic E-state index is 12.4. The van der Waals surface area contributed by atoms with Gasteiger partial charge >= 0.3 is 6.02 Å². The Kier molecular flexibility index (Phi) is 6.04. The minimum absolute atomic E-state index is 0.0248. The first-order valence-corrected chi connectivity index (χ1v) is 10.7. The van der Waals surface area contributed by atoms with Gasteiger partial charge in [0.2, 0.25) is 0 Å². The van der Waals surface area contributed by atoms with Crippen LogP contribution in [-0.2, 0) is 24.8 Å². The molecular weight excluding hydrogens is 376 g/mol. The van der Waals surface area contributed by atoms with Crippen molar-refractivity contribution in [3.05, 3.63) is 59.7 Å². The lowest BCUT2D eigenvalue weighted by Crippen LogP contribution is -2.33. The van der Waals surface area contributed by atoms with Gasteiger partial charge in [-0.05, 0) is 45.0 Å². The Morgan fingerprint density at radius 2 is 1.35 bits per heavy atom. The molecule has 0 radical (unpaired) electrons. The van der Waals surface area contributed by atoms with Crippen LogP contribution in [0.4, 0.5) is 0 Å². The van der Waals surface area contributed by atoms with Gasteiger partial charge in [0.05, 0.1) is 16.4 Å². The predicted octanol–water partition coefficient (Wildman–Crippen LogP) is 2.36. The highest BCUT2D eigenvalue weighted by atomic mass is 32.2. The molecule has 7 nitrogen and oxygen atoms in total. The minimum atomic E-state index is -4.12. The maximum absolute atomic E-state index is 12.4. The molecule has 9 heteroatoms. The molecule has 1 N–H and O–H groups in total. The maximum Gasteiger partial charge on any atom is 0.315 e. The first-order valence-electron chi connectivity index (χ1n) is 7.78. The van der Waals surface area contributed by atoms with Crippen molar-refractivity contribution < 1.29 is 21.6 Å². The summed E-state index contributed by atoms with van der Waals surface area (Å²) in [6, 6.07) is 11.5. The number of benzene rings is 2. The summed E-state index contributed by atoms with van der Waals surface area (Å²) < 4.78 is 60.3. The molecule has 26 heavy (non-hydrogen) atoms. The molecule has 0 saturated carbocycles. The summed E-state index contributed by atoms with van der Waals surface area (Å²) in [5, 5.41) is 0. The SMILES string of the molecule is CCO/C(=N\S(=O)(=O)c1ccc(C)cc1)NS(=O)(=O)c1ccc(C)cc1. The van der Waals surface area contributed by atoms with Crippen molar-refractivity contribution in [3.63, 3.8) is 0 Å². The zero-order valence-corrected chi connectivity index (χ0v) is 16.3. The van der Waals surface area contributed by atoms with Crippen LogP contribution in [0.25, 0.3) is 0 Å². The summed E-state index contributed by atoms with van der Waals surface area (Å²) in [5.74, 6) is 0. The average molecular weight is 396 g/mol. The van der Waals surface area contributed by atoms with Crippen molar-refractivity contribution in [1.29, 1.82) is 0 Å². The molecule has 140 valence electrons. The molecule has 0 atom stereocenters. The van der Waals surface area contributed by atoms with Crippen LogP contribution >= 0.6 is 0 Å². The Hall–Kier alpha value is -2.39. The lowest BCUT2D eigenvalue weighted by molar-refractivity contribution is 0.318. The molecule has 2 aromatic carbocycles. The molecule has 0 fully saturated rings. The Morgan fingerprint density at radius 1 is 0.885 bits per heavy atom. The number of nitrogens with one attached hydrogen (secondary N) is 1. The predicted molar refractivity (Wildman–Crippen MR) is 98.9 cm³/mol. The average Bonchev–Trinajstić information content (AvgIpc) is 2.55. The molecule has 0 heterocycles. The normalized spacial score (nSPS) is 12.7. The van der Waals surface area contributed by atoms with Gasteiger partial charge < -0.3 is 4.74 Å². The second-order valence-corrected chi connectivity index (χ2v) is 8.82. The van der Waals surface area contributed by atoms with Gasteiger partial charge in [-0.15, -0.1) is 4.40 Å². The van der Waals surface area contributed by atoms with Crippen molar-refractivity contribution >= 4 is 26.1 Å². The molecule has 0 saturated heterocycles. The van der Waals surface area contributed by atoms with Gasteiger partial charge in [0.15, 0.2) is 0 Å². The highest BCUT2D eigenvalue weighted by Gasteiger charge is 2.21. The summed E-state index contributed by atoms with van der Waals surface area (Å²) in [6.45, 7) is 5.28. The lowest BCUT2D eigenvalue weighted by atomic mass is 10.2. The van der Waals surface area contributed by atoms with Gasteiger partial charge in [0.25, 0.3) is 20.0 Å². The molecule has 0 aliphatic carbocycles. The highest BCUT2D eigenvalue weighted by molar-refractivity contribution is 7.91. The van der Waals surface area contributed by atoms with Gasteiger partial charge in [-0.2, -0.15) is 8.42 Å². The van der Waals surface area contributed by atoms with Crippen molar-refractivity contribution in [2.24, 2.45) is 4.40 Å². The van der Waals surface area contributed by atoms with Crippen LogP contribution in [0.15, 0.2) is 62.7 Å². The van der Waals surface area contributed by atoms with Crippen molar-refractivity contribution in [3.8, 4) is 0 Å². The second-order valence-electron chi connectivity index (χ2n) is 5.54. The minimum Gasteiger partial charge on any atom is -0.464 e. The van der Waals surface area contributed by atoms with Crippen LogP contribution in [0.3, 0.4) is 0 Å². The van der Waals surface area contributed by atoms with Crippen LogP contribution < -0.4 is 4.72 Å². The lowest BCUT2D eigenvalue weighted by Gasteiger charge is -2.11. The topological polar surface area (TPSA) is 102 Å². The quantitative estimate of drug-likeness (QED) is 0.617. The van der Waals surface area contributed by atoms with E-state index in [0.29, 0.717) is 0 Å². The van der Waals surface area contributed by atoms with E-state index < -0.39 is 26.1 Å². The second kappa shape index (κ2) is 7.88. The molecule has 0 aliphatic heterocycles. The molecule has 0 aromatic heterocycles. The standard InChI is InChI=1S/C17H20N2O5S2/c1-4-24-17(18-25(20,21)15-9-5-13(2)6-10-15)19-26(22,23)16-11-7-14(3)8-12-16/h5-12H,4H2,1-3H3,(H,18,19). The Bertz CT molecular complexity index is 994. The Labute approximate surface area is 153 Å². The van der Waals surface area contributed by atoms with Crippen LogP contribution in [0.5, 0.6) is 0 Å². The molecular formula is C17H20N2O5S2. The number of sulfonamides is 2.